The number of hydrogen-bond acceptors (Lipinski definition) is 15. The number of carbonyl (C=O) groups excluding carboxylic acids is 1. The van der Waals surface area contributed by atoms with Crippen LogP contribution in [0.3, 0.4) is 0 Å². The predicted molar refractivity (Wildman–Crippen MR) is 213 cm³/mol. The van der Waals surface area contributed by atoms with Crippen LogP contribution >= 0.6 is 23.2 Å². The first-order valence-corrected chi connectivity index (χ1v) is 18.5. The van der Waals surface area contributed by atoms with E-state index in [0.717, 1.165) is 17.5 Å². The Morgan fingerprint density at radius 3 is 2.24 bits per heavy atom. The molecule has 0 saturated carbocycles. The molecule has 2 amide bonds. The maximum absolute atomic E-state index is 12.2. The lowest BCUT2D eigenvalue weighted by Crippen LogP contribution is -2.35. The average Bonchev–Trinajstić information content (AvgIpc) is 3.19. The van der Waals surface area contributed by atoms with Crippen LogP contribution in [0, 0.1) is 17.0 Å². The molecular weight excluding hydrogens is 839 g/mol. The number of pyridine rings is 1. The van der Waals surface area contributed by atoms with E-state index in [2.05, 4.69) is 25.3 Å². The van der Waals surface area contributed by atoms with Crippen molar-refractivity contribution in [1.82, 2.24) is 24.7 Å². The van der Waals surface area contributed by atoms with E-state index < -0.39 is 50.0 Å². The van der Waals surface area contributed by atoms with Crippen LogP contribution in [0.15, 0.2) is 102 Å². The van der Waals surface area contributed by atoms with Gasteiger partial charge in [-0.25, -0.2) is 27.5 Å². The van der Waals surface area contributed by atoms with Crippen molar-refractivity contribution in [3.05, 3.63) is 129 Å². The van der Waals surface area contributed by atoms with E-state index in [1.165, 1.54) is 38.3 Å². The largest absolute Gasteiger partial charge is 0.480 e. The van der Waals surface area contributed by atoms with Gasteiger partial charge in [-0.2, -0.15) is 15.0 Å². The van der Waals surface area contributed by atoms with E-state index in [1.807, 2.05) is 6.07 Å². The van der Waals surface area contributed by atoms with Gasteiger partial charge in [-0.05, 0) is 61.5 Å². The van der Waals surface area contributed by atoms with Gasteiger partial charge in [-0.1, -0.05) is 53.5 Å². The third-order valence-corrected chi connectivity index (χ3v) is 9.20. The van der Waals surface area contributed by atoms with Crippen molar-refractivity contribution in [3.8, 4) is 23.3 Å². The number of halogens is 2. The molecule has 6 aromatic rings. The molecule has 0 fully saturated rings. The summed E-state index contributed by atoms with van der Waals surface area (Å²) in [5.74, 6) is -1.19. The van der Waals surface area contributed by atoms with Crippen LogP contribution < -0.4 is 30.0 Å². The standard InChI is InChI=1S/C13H13N5O6S.C12H9ClN2O3.C11H8ClNO3/c1-7-14-11(17-13(15-7)24-2)16-12(21)18-25(22,23)9-6-4-3-5-8(9)10(19)20;13-11-10(18-8-4-2-1-3-5-8)7-6-9(12(11)14)15(16)17;12-8-3-4-9(16-6-10(14)15)11-7(8)2-1-5-13-11/h3-6H,1-2H3,(H,19,20)(H2,14,15,16,17,18,21);1-7H,14H2;1-5H,6H2,(H,14,15). The number of nitrogen functional groups attached to an aromatic ring is 1. The summed E-state index contributed by atoms with van der Waals surface area (Å²) in [6.07, 6.45) is 1.60. The number of carboxylic acids is 2. The number of nitrogens with two attached hydrogens (primary N) is 1. The van der Waals surface area contributed by atoms with Crippen LogP contribution in [0.1, 0.15) is 16.2 Å². The fourth-order valence-electron chi connectivity index (χ4n) is 4.57. The molecule has 0 bridgehead atoms. The number of nitro benzene ring substituents is 1. The van der Waals surface area contributed by atoms with Gasteiger partial charge in [-0.15, -0.1) is 0 Å². The van der Waals surface area contributed by atoms with Crippen LogP contribution in [-0.4, -0.2) is 75.2 Å². The number of methoxy groups -OCH3 is 1. The number of aliphatic carboxylic acids is 1. The lowest BCUT2D eigenvalue weighted by Gasteiger charge is -2.10. The number of benzene rings is 4. The van der Waals surface area contributed by atoms with Crippen LogP contribution in [0.4, 0.5) is 22.1 Å². The normalized spacial score (nSPS) is 10.4. The van der Waals surface area contributed by atoms with Crippen molar-refractivity contribution in [2.45, 2.75) is 11.8 Å². The van der Waals surface area contributed by atoms with Gasteiger partial charge in [0.15, 0.2) is 6.61 Å². The molecule has 4 aromatic carbocycles. The minimum Gasteiger partial charge on any atom is -0.480 e. The SMILES string of the molecule is COc1nc(C)nc(NC(=O)NS(=O)(=O)c2ccccc2C(=O)O)n1.Nc1c([N+](=O)[O-])ccc(Oc2ccccc2)c1Cl.O=C(O)COc1ccc(Cl)c2cccnc12. The maximum Gasteiger partial charge on any atom is 0.341 e. The van der Waals surface area contributed by atoms with Gasteiger partial charge in [0.25, 0.3) is 15.7 Å². The minimum absolute atomic E-state index is 0.0352. The van der Waals surface area contributed by atoms with Crippen molar-refractivity contribution >= 4 is 79.4 Å². The molecule has 0 aliphatic carbocycles. The quantitative estimate of drug-likeness (QED) is 0.0536. The first-order chi connectivity index (χ1) is 28.0. The van der Waals surface area contributed by atoms with Crippen molar-refractivity contribution in [2.75, 3.05) is 24.8 Å². The molecule has 2 heterocycles. The third-order valence-electron chi connectivity index (χ3n) is 7.09. The number of hydrogen-bond donors (Lipinski definition) is 5. The summed E-state index contributed by atoms with van der Waals surface area (Å²) in [6, 6.07) is 22.1. The summed E-state index contributed by atoms with van der Waals surface area (Å²) in [5, 5.41) is 31.7. The van der Waals surface area contributed by atoms with Gasteiger partial charge in [-0.3, -0.25) is 20.4 Å². The zero-order valence-electron chi connectivity index (χ0n) is 30.4. The van der Waals surface area contributed by atoms with Gasteiger partial charge >= 0.3 is 24.0 Å². The molecule has 6 N–H and O–H groups in total. The van der Waals surface area contributed by atoms with Crippen LogP contribution in [-0.2, 0) is 14.8 Å². The fraction of sp³-hybridized carbons (Fsp3) is 0.0833. The second-order valence-electron chi connectivity index (χ2n) is 11.2. The number of para-hydroxylation sites is 1. The van der Waals surface area contributed by atoms with Gasteiger partial charge < -0.3 is 30.2 Å². The molecule has 59 heavy (non-hydrogen) atoms. The molecule has 20 nitrogen and oxygen atoms in total. The number of nitrogens with one attached hydrogen (secondary N) is 2. The Balaban J connectivity index is 0.000000201. The van der Waals surface area contributed by atoms with E-state index in [1.54, 1.807) is 59.4 Å². The number of ether oxygens (including phenoxy) is 3. The topological polar surface area (TPSA) is 298 Å². The van der Waals surface area contributed by atoms with Crippen molar-refractivity contribution in [3.63, 3.8) is 0 Å². The zero-order chi connectivity index (χ0) is 43.3. The Labute approximate surface area is 343 Å². The number of fused-ring (bicyclic) bond motifs is 1. The van der Waals surface area contributed by atoms with E-state index in [-0.39, 0.29) is 39.9 Å². The molecule has 2 aromatic heterocycles. The highest BCUT2D eigenvalue weighted by Gasteiger charge is 2.24. The number of nitrogens with zero attached hydrogens (tertiary/aromatic N) is 5. The number of carbonyl (C=O) groups is 3. The Hall–Kier alpha value is -7.36. The Morgan fingerprint density at radius 1 is 0.898 bits per heavy atom. The van der Waals surface area contributed by atoms with Gasteiger partial charge in [0, 0.05) is 17.6 Å². The number of rotatable bonds is 11. The number of urea groups is 1. The molecule has 0 spiro atoms. The van der Waals surface area contributed by atoms with Crippen LogP contribution in [0.2, 0.25) is 10.0 Å². The average molecular weight is 870 g/mol. The Morgan fingerprint density at radius 2 is 1.58 bits per heavy atom. The highest BCUT2D eigenvalue weighted by atomic mass is 35.5. The maximum atomic E-state index is 12.2. The highest BCUT2D eigenvalue weighted by Crippen LogP contribution is 2.39. The first kappa shape index (κ1) is 44.4. The second-order valence-corrected chi connectivity index (χ2v) is 13.6. The van der Waals surface area contributed by atoms with Crippen molar-refractivity contribution in [1.29, 1.82) is 0 Å². The minimum atomic E-state index is -4.43. The number of aryl methyl sites for hydroxylation is 1. The summed E-state index contributed by atoms with van der Waals surface area (Å²) in [6.45, 7) is 1.13. The van der Waals surface area contributed by atoms with Gasteiger partial charge in [0.05, 0.1) is 22.6 Å². The molecule has 306 valence electrons. The second kappa shape index (κ2) is 20.2. The molecule has 0 radical (unpaired) electrons. The summed E-state index contributed by atoms with van der Waals surface area (Å²) in [7, 11) is -3.11. The van der Waals surface area contributed by atoms with Crippen molar-refractivity contribution < 1.29 is 52.1 Å². The molecule has 0 atom stereocenters. The van der Waals surface area contributed by atoms with Crippen molar-refractivity contribution in [2.24, 2.45) is 0 Å². The smallest absolute Gasteiger partial charge is 0.341 e. The monoisotopic (exact) mass is 868 g/mol. The summed E-state index contributed by atoms with van der Waals surface area (Å²) < 4.78 is 41.6. The zero-order valence-corrected chi connectivity index (χ0v) is 32.7. The third kappa shape index (κ3) is 12.3. The van der Waals surface area contributed by atoms with Crippen LogP contribution in [0.5, 0.6) is 23.3 Å². The number of sulfonamides is 1. The van der Waals surface area contributed by atoms with E-state index in [9.17, 15) is 32.9 Å². The lowest BCUT2D eigenvalue weighted by molar-refractivity contribution is -0.383. The number of nitro groups is 1. The molecule has 6 rings (SSSR count). The molecular formula is C36H30Cl2N8O12S. The highest BCUT2D eigenvalue weighted by molar-refractivity contribution is 7.90. The van der Waals surface area contributed by atoms with E-state index >= 15 is 0 Å². The number of amides is 2. The van der Waals surface area contributed by atoms with Gasteiger partial charge in [0.2, 0.25) is 5.95 Å². The summed E-state index contributed by atoms with van der Waals surface area (Å²) >= 11 is 11.9. The molecule has 0 aliphatic rings. The van der Waals surface area contributed by atoms with E-state index in [4.69, 9.17) is 53.4 Å². The number of aromatic carboxylic acids is 1. The fourth-order valence-corrected chi connectivity index (χ4v) is 6.09. The van der Waals surface area contributed by atoms with Crippen LogP contribution in [0.25, 0.3) is 10.9 Å². The molecule has 0 unspecified atom stereocenters. The molecule has 0 aliphatic heterocycles. The number of carboxylic acid groups (broad SMARTS) is 2. The number of aromatic nitrogens is 4. The lowest BCUT2D eigenvalue weighted by atomic mass is 10.2. The summed E-state index contributed by atoms with van der Waals surface area (Å²) in [4.78, 5) is 58.4. The molecule has 0 saturated heterocycles. The Kier molecular flexibility index (Phi) is 15.2. The number of anilines is 2. The van der Waals surface area contributed by atoms with E-state index in [0.29, 0.717) is 22.0 Å². The Bertz CT molecular complexity index is 2620. The molecule has 23 heteroatoms. The van der Waals surface area contributed by atoms with Gasteiger partial charge in [0.1, 0.15) is 44.2 Å². The first-order valence-electron chi connectivity index (χ1n) is 16.3. The summed E-state index contributed by atoms with van der Waals surface area (Å²) in [5.41, 5.74) is 5.34. The predicted octanol–water partition coefficient (Wildman–Crippen LogP) is 6.37.